The molecule has 0 fully saturated rings. The molecule has 134 valence electrons. The molecule has 1 heterocycles. The summed E-state index contributed by atoms with van der Waals surface area (Å²) in [5, 5.41) is 2.87. The Morgan fingerprint density at radius 2 is 2.04 bits per heavy atom. The molecule has 0 spiro atoms. The van der Waals surface area contributed by atoms with Gasteiger partial charge in [-0.25, -0.2) is 0 Å². The Balaban J connectivity index is 2.14. The first-order valence-electron chi connectivity index (χ1n) is 8.09. The smallest absolute Gasteiger partial charge is 0.279 e. The van der Waals surface area contributed by atoms with Gasteiger partial charge in [-0.3, -0.25) is 9.59 Å². The fourth-order valence-corrected chi connectivity index (χ4v) is 3.09. The Bertz CT molecular complexity index is 820. The van der Waals surface area contributed by atoms with Gasteiger partial charge in [0, 0.05) is 29.7 Å². The zero-order chi connectivity index (χ0) is 18.4. The third-order valence-electron chi connectivity index (χ3n) is 3.49. The number of hydrogen-bond donors (Lipinski definition) is 1. The van der Waals surface area contributed by atoms with Gasteiger partial charge in [0.15, 0.2) is 4.80 Å². The van der Waals surface area contributed by atoms with Gasteiger partial charge in [0.25, 0.3) is 5.91 Å². The molecule has 1 aromatic heterocycles. The number of benzene rings is 1. The molecular weight excluding hydrogens is 336 g/mol. The summed E-state index contributed by atoms with van der Waals surface area (Å²) < 4.78 is 1.72. The van der Waals surface area contributed by atoms with Gasteiger partial charge in [-0.05, 0) is 40.1 Å². The van der Waals surface area contributed by atoms with Crippen molar-refractivity contribution >= 4 is 23.2 Å². The van der Waals surface area contributed by atoms with Gasteiger partial charge >= 0.3 is 0 Å². The second kappa shape index (κ2) is 8.73. The van der Waals surface area contributed by atoms with E-state index in [9.17, 15) is 9.59 Å². The Hall–Kier alpha value is -2.25. The maximum absolute atomic E-state index is 12.4. The molecule has 2 amide bonds. The summed E-state index contributed by atoms with van der Waals surface area (Å²) in [5.74, 6) is -0.392. The summed E-state index contributed by atoms with van der Waals surface area (Å²) in [7, 11) is 3.91. The fourth-order valence-electron chi connectivity index (χ4n) is 2.26. The van der Waals surface area contributed by atoms with Crippen LogP contribution in [0.3, 0.4) is 0 Å². The van der Waals surface area contributed by atoms with E-state index >= 15 is 0 Å². The second-order valence-corrected chi connectivity index (χ2v) is 7.41. The second-order valence-electron chi connectivity index (χ2n) is 6.19. The molecule has 0 aliphatic carbocycles. The number of nitrogens with zero attached hydrogens (tertiary/aromatic N) is 3. The van der Waals surface area contributed by atoms with Crippen LogP contribution in [0.2, 0.25) is 0 Å². The molecule has 25 heavy (non-hydrogen) atoms. The number of likely N-dealkylation sites (N-methyl/N-ethyl adjacent to an activating group) is 1. The predicted octanol–water partition coefficient (Wildman–Crippen LogP) is 1.59. The zero-order valence-electron chi connectivity index (χ0n) is 15.1. The van der Waals surface area contributed by atoms with Crippen LogP contribution in [0.1, 0.15) is 20.8 Å². The highest BCUT2D eigenvalue weighted by Crippen LogP contribution is 2.06. The first kappa shape index (κ1) is 19.1. The lowest BCUT2D eigenvalue weighted by molar-refractivity contribution is -0.121. The Kier molecular flexibility index (Phi) is 6.66. The number of nitrogens with one attached hydrogen (secondary N) is 1. The largest absolute Gasteiger partial charge is 0.353 e. The highest BCUT2D eigenvalue weighted by atomic mass is 32.1. The van der Waals surface area contributed by atoms with Gasteiger partial charge in [-0.15, -0.1) is 11.3 Å². The highest BCUT2D eigenvalue weighted by molar-refractivity contribution is 7.09. The minimum atomic E-state index is -0.299. The Labute approximate surface area is 151 Å². The maximum Gasteiger partial charge on any atom is 0.279 e. The fraction of sp³-hybridized carbons (Fsp3) is 0.389. The molecule has 0 saturated carbocycles. The van der Waals surface area contributed by atoms with Crippen molar-refractivity contribution in [3.8, 4) is 0 Å². The number of carbonyl (C=O) groups is 2. The minimum absolute atomic E-state index is 0.0934. The van der Waals surface area contributed by atoms with Gasteiger partial charge < -0.3 is 14.8 Å². The number of aromatic nitrogens is 1. The van der Waals surface area contributed by atoms with E-state index in [0.717, 1.165) is 17.0 Å². The average molecular weight is 360 g/mol. The lowest BCUT2D eigenvalue weighted by atomic mass is 10.1. The van der Waals surface area contributed by atoms with E-state index in [4.69, 9.17) is 0 Å². The summed E-state index contributed by atoms with van der Waals surface area (Å²) in [6, 6.07) is 7.33. The van der Waals surface area contributed by atoms with Crippen LogP contribution in [0.4, 0.5) is 0 Å². The molecule has 2 aromatic rings. The van der Waals surface area contributed by atoms with Crippen molar-refractivity contribution in [2.75, 3.05) is 27.2 Å². The van der Waals surface area contributed by atoms with Crippen molar-refractivity contribution in [3.63, 3.8) is 0 Å². The van der Waals surface area contributed by atoms with Crippen molar-refractivity contribution in [2.45, 2.75) is 20.4 Å². The molecule has 0 saturated heterocycles. The van der Waals surface area contributed by atoms with Crippen LogP contribution in [-0.2, 0) is 11.3 Å². The van der Waals surface area contributed by atoms with Gasteiger partial charge in [0.1, 0.15) is 6.54 Å². The standard InChI is InChI=1S/C18H24N4O2S/c1-13-6-5-7-15(10-13)17(24)20-18-22(11-14(2)25-18)12-16(23)19-8-9-21(3)4/h5-7,10-11H,8-9,12H2,1-4H3,(H,19,23). The van der Waals surface area contributed by atoms with E-state index in [2.05, 4.69) is 10.3 Å². The molecule has 6 nitrogen and oxygen atoms in total. The summed E-state index contributed by atoms with van der Waals surface area (Å²) in [5.41, 5.74) is 1.56. The predicted molar refractivity (Wildman–Crippen MR) is 99.7 cm³/mol. The van der Waals surface area contributed by atoms with Gasteiger partial charge in [-0.1, -0.05) is 17.7 Å². The first-order valence-corrected chi connectivity index (χ1v) is 8.91. The van der Waals surface area contributed by atoms with Gasteiger partial charge in [-0.2, -0.15) is 4.99 Å². The van der Waals surface area contributed by atoms with Crippen LogP contribution in [0.25, 0.3) is 0 Å². The van der Waals surface area contributed by atoms with Crippen molar-refractivity contribution in [1.29, 1.82) is 0 Å². The van der Waals surface area contributed by atoms with Gasteiger partial charge in [0.05, 0.1) is 0 Å². The van der Waals surface area contributed by atoms with Crippen LogP contribution in [0, 0.1) is 13.8 Å². The van der Waals surface area contributed by atoms with E-state index < -0.39 is 0 Å². The van der Waals surface area contributed by atoms with E-state index in [1.54, 1.807) is 10.6 Å². The first-order chi connectivity index (χ1) is 11.8. The third-order valence-corrected chi connectivity index (χ3v) is 4.43. The van der Waals surface area contributed by atoms with E-state index in [1.165, 1.54) is 11.3 Å². The minimum Gasteiger partial charge on any atom is -0.353 e. The molecule has 0 bridgehead atoms. The van der Waals surface area contributed by atoms with Crippen LogP contribution in [-0.4, -0.2) is 48.5 Å². The summed E-state index contributed by atoms with van der Waals surface area (Å²) >= 11 is 1.40. The molecule has 0 aliphatic rings. The van der Waals surface area contributed by atoms with Gasteiger partial charge in [0.2, 0.25) is 5.91 Å². The van der Waals surface area contributed by atoms with Crippen LogP contribution in [0.5, 0.6) is 0 Å². The van der Waals surface area contributed by atoms with E-state index in [0.29, 0.717) is 16.9 Å². The monoisotopic (exact) mass is 360 g/mol. The Morgan fingerprint density at radius 1 is 1.28 bits per heavy atom. The number of carbonyl (C=O) groups excluding carboxylic acids is 2. The molecular formula is C18H24N4O2S. The van der Waals surface area contributed by atoms with Crippen LogP contribution in [0.15, 0.2) is 35.5 Å². The topological polar surface area (TPSA) is 66.7 Å². The van der Waals surface area contributed by atoms with Crippen molar-refractivity contribution < 1.29 is 9.59 Å². The highest BCUT2D eigenvalue weighted by Gasteiger charge is 2.09. The number of amides is 2. The SMILES string of the molecule is Cc1cccc(C(=O)N=c2sc(C)cn2CC(=O)NCCN(C)C)c1. The summed E-state index contributed by atoms with van der Waals surface area (Å²) in [4.78, 5) is 32.2. The molecule has 0 aliphatic heterocycles. The van der Waals surface area contributed by atoms with Crippen LogP contribution >= 0.6 is 11.3 Å². The lowest BCUT2D eigenvalue weighted by Crippen LogP contribution is -2.35. The molecule has 0 unspecified atom stereocenters. The van der Waals surface area contributed by atoms with Crippen molar-refractivity contribution in [3.05, 3.63) is 51.3 Å². The quantitative estimate of drug-likeness (QED) is 0.851. The number of thiazole rings is 1. The van der Waals surface area contributed by atoms with E-state index in [-0.39, 0.29) is 18.4 Å². The molecule has 1 N–H and O–H groups in total. The third kappa shape index (κ3) is 5.95. The molecule has 0 radical (unpaired) electrons. The lowest BCUT2D eigenvalue weighted by Gasteiger charge is -2.10. The molecule has 7 heteroatoms. The average Bonchev–Trinajstić information content (AvgIpc) is 2.86. The normalized spacial score (nSPS) is 11.8. The summed E-state index contributed by atoms with van der Waals surface area (Å²) in [6.07, 6.45) is 1.85. The van der Waals surface area contributed by atoms with E-state index in [1.807, 2.05) is 57.2 Å². The Morgan fingerprint density at radius 3 is 2.72 bits per heavy atom. The number of aryl methyl sites for hydroxylation is 2. The van der Waals surface area contributed by atoms with Crippen molar-refractivity contribution in [2.24, 2.45) is 4.99 Å². The number of rotatable bonds is 6. The molecule has 2 rings (SSSR count). The zero-order valence-corrected chi connectivity index (χ0v) is 15.9. The summed E-state index contributed by atoms with van der Waals surface area (Å²) in [6.45, 7) is 5.38. The molecule has 0 atom stereocenters. The number of hydrogen-bond acceptors (Lipinski definition) is 4. The maximum atomic E-state index is 12.4. The van der Waals surface area contributed by atoms with Crippen LogP contribution < -0.4 is 10.1 Å². The van der Waals surface area contributed by atoms with Crippen molar-refractivity contribution in [1.82, 2.24) is 14.8 Å². The molecule has 1 aromatic carbocycles.